The van der Waals surface area contributed by atoms with E-state index in [1.54, 1.807) is 0 Å². The second-order valence-corrected chi connectivity index (χ2v) is 23.7. The summed E-state index contributed by atoms with van der Waals surface area (Å²) in [7, 11) is 0. The Kier molecular flexibility index (Phi) is 9.76. The van der Waals surface area contributed by atoms with Crippen LogP contribution in [0.25, 0.3) is 0 Å². The van der Waals surface area contributed by atoms with Crippen LogP contribution in [0.4, 0.5) is 45.5 Å². The molecule has 3 heterocycles. The molecule has 11 rings (SSSR count). The lowest BCUT2D eigenvalue weighted by Crippen LogP contribution is -2.61. The van der Waals surface area contributed by atoms with Gasteiger partial charge in [0.2, 0.25) is 0 Å². The first kappa shape index (κ1) is 43.6. The van der Waals surface area contributed by atoms with Gasteiger partial charge in [-0.05, 0) is 160 Å². The third-order valence-corrected chi connectivity index (χ3v) is 16.4. The highest BCUT2D eigenvalue weighted by atomic mass is 15.3. The summed E-state index contributed by atoms with van der Waals surface area (Å²) in [5, 5.41) is 0. The lowest BCUT2D eigenvalue weighted by Gasteiger charge is -2.52. The smallest absolute Gasteiger partial charge is 0.252 e. The number of hydrogen-bond donors (Lipinski definition) is 0. The fourth-order valence-electron chi connectivity index (χ4n) is 12.9. The van der Waals surface area contributed by atoms with Crippen LogP contribution in [0.1, 0.15) is 134 Å². The van der Waals surface area contributed by atoms with Gasteiger partial charge in [-0.25, -0.2) is 0 Å². The Morgan fingerprint density at radius 2 is 1.04 bits per heavy atom. The molecule has 3 nitrogen and oxygen atoms in total. The molecule has 3 aliphatic heterocycles. The summed E-state index contributed by atoms with van der Waals surface area (Å²) in [6.45, 7) is 28.1. The van der Waals surface area contributed by atoms with Gasteiger partial charge in [0.05, 0.1) is 5.54 Å². The van der Waals surface area contributed by atoms with Crippen molar-refractivity contribution in [1.82, 2.24) is 0 Å². The van der Waals surface area contributed by atoms with Crippen molar-refractivity contribution in [3.63, 3.8) is 0 Å². The molecule has 338 valence electrons. The maximum absolute atomic E-state index is 2.77. The van der Waals surface area contributed by atoms with Gasteiger partial charge >= 0.3 is 0 Å². The van der Waals surface area contributed by atoms with E-state index >= 15 is 0 Å². The molecule has 0 aromatic heterocycles. The van der Waals surface area contributed by atoms with E-state index < -0.39 is 0 Å². The van der Waals surface area contributed by atoms with Crippen molar-refractivity contribution < 1.29 is 0 Å². The first-order chi connectivity index (χ1) is 31.8. The molecule has 67 heavy (non-hydrogen) atoms. The van der Waals surface area contributed by atoms with Gasteiger partial charge in [-0.2, -0.15) is 0 Å². The number of fused-ring (bicyclic) bond motifs is 7. The highest BCUT2D eigenvalue weighted by Gasteiger charge is 2.61. The maximum atomic E-state index is 2.77. The average molecular weight is 878 g/mol. The standard InChI is InChI=1S/C63H68BN3/c1-41-36-56-58-57(37-41)66(52-32-26-45(38-42(52)2)60(6,7)8)54-33-27-46(61(9,10)11)39-51(54)64(58)50-31-30-48(40-55(50)65(56)47-28-24-43(25-29-47)59(3,4)5)67-53-23-17-16-22-49(53)63(44-20-14-13-15-21-44)35-19-18-34-62(63,67)12/h13-17,20-33,36-40H,18-19,34-35H2,1-12H3. The van der Waals surface area contributed by atoms with Gasteiger partial charge < -0.3 is 14.7 Å². The van der Waals surface area contributed by atoms with Crippen LogP contribution < -0.4 is 31.1 Å². The Bertz CT molecular complexity index is 3090. The van der Waals surface area contributed by atoms with Gasteiger partial charge in [0.25, 0.3) is 6.71 Å². The molecule has 7 aromatic rings. The van der Waals surface area contributed by atoms with Gasteiger partial charge in [-0.1, -0.05) is 166 Å². The van der Waals surface area contributed by atoms with Gasteiger partial charge in [0, 0.05) is 50.9 Å². The van der Waals surface area contributed by atoms with Crippen molar-refractivity contribution in [3.8, 4) is 0 Å². The normalized spacial score (nSPS) is 19.7. The van der Waals surface area contributed by atoms with E-state index in [0.29, 0.717) is 0 Å². The highest BCUT2D eigenvalue weighted by molar-refractivity contribution is 7.00. The van der Waals surface area contributed by atoms with Crippen LogP contribution in [0.2, 0.25) is 0 Å². The number of hydrogen-bond acceptors (Lipinski definition) is 3. The molecule has 2 atom stereocenters. The molecule has 0 radical (unpaired) electrons. The number of rotatable bonds is 4. The zero-order valence-electron chi connectivity index (χ0n) is 42.1. The van der Waals surface area contributed by atoms with E-state index in [0.717, 1.165) is 12.8 Å². The average Bonchev–Trinajstić information content (AvgIpc) is 3.53. The second-order valence-electron chi connectivity index (χ2n) is 23.7. The molecule has 1 fully saturated rings. The predicted molar refractivity (Wildman–Crippen MR) is 289 cm³/mol. The summed E-state index contributed by atoms with van der Waals surface area (Å²) >= 11 is 0. The summed E-state index contributed by atoms with van der Waals surface area (Å²) in [5.74, 6) is 0. The van der Waals surface area contributed by atoms with Crippen LogP contribution in [0.15, 0.2) is 146 Å². The van der Waals surface area contributed by atoms with Gasteiger partial charge in [-0.15, -0.1) is 0 Å². The third kappa shape index (κ3) is 6.52. The Balaban J connectivity index is 1.19. The number of benzene rings is 7. The summed E-state index contributed by atoms with van der Waals surface area (Å²) < 4.78 is 0. The SMILES string of the molecule is Cc1cc2c3c(c1)N(c1ccc(C(C)(C)C)cc1C)c1ccc(C(C)(C)C)cc1B3c1ccc(N3c4ccccc4C4(c5ccccc5)CCCCC34C)cc1N2c1ccc(C(C)(C)C)cc1. The Morgan fingerprint density at radius 1 is 0.463 bits per heavy atom. The van der Waals surface area contributed by atoms with Crippen molar-refractivity contribution in [3.05, 3.63) is 185 Å². The second kappa shape index (κ2) is 15.0. The van der Waals surface area contributed by atoms with Gasteiger partial charge in [-0.3, -0.25) is 0 Å². The molecule has 4 aliphatic rings. The van der Waals surface area contributed by atoms with E-state index in [-0.39, 0.29) is 33.9 Å². The van der Waals surface area contributed by atoms with E-state index in [4.69, 9.17) is 0 Å². The summed E-state index contributed by atoms with van der Waals surface area (Å²) in [6.07, 6.45) is 4.70. The maximum Gasteiger partial charge on any atom is 0.252 e. The molecular weight excluding hydrogens is 810 g/mol. The van der Waals surface area contributed by atoms with Crippen LogP contribution in [0.5, 0.6) is 0 Å². The molecule has 7 aromatic carbocycles. The molecule has 0 saturated heterocycles. The summed E-state index contributed by atoms with van der Waals surface area (Å²) in [6, 6.07) is 57.3. The van der Waals surface area contributed by atoms with E-state index in [2.05, 4.69) is 243 Å². The van der Waals surface area contributed by atoms with Crippen molar-refractivity contribution in [1.29, 1.82) is 0 Å². The van der Waals surface area contributed by atoms with Crippen molar-refractivity contribution in [2.75, 3.05) is 14.7 Å². The monoisotopic (exact) mass is 878 g/mol. The molecule has 1 saturated carbocycles. The first-order valence-electron chi connectivity index (χ1n) is 25.0. The largest absolute Gasteiger partial charge is 0.334 e. The molecule has 0 N–H and O–H groups in total. The van der Waals surface area contributed by atoms with E-state index in [9.17, 15) is 0 Å². The molecule has 0 bridgehead atoms. The molecular formula is C63H68BN3. The minimum absolute atomic E-state index is 0.0213. The highest BCUT2D eigenvalue weighted by Crippen LogP contribution is 2.64. The lowest BCUT2D eigenvalue weighted by atomic mass is 9.33. The van der Waals surface area contributed by atoms with Crippen molar-refractivity contribution >= 4 is 68.6 Å². The first-order valence-corrected chi connectivity index (χ1v) is 25.0. The molecule has 4 heteroatoms. The van der Waals surface area contributed by atoms with Crippen molar-refractivity contribution in [2.45, 2.75) is 136 Å². The van der Waals surface area contributed by atoms with Crippen LogP contribution in [0, 0.1) is 13.8 Å². The van der Waals surface area contributed by atoms with Gasteiger partial charge in [0.15, 0.2) is 0 Å². The zero-order valence-corrected chi connectivity index (χ0v) is 42.1. The minimum Gasteiger partial charge on any atom is -0.334 e. The lowest BCUT2D eigenvalue weighted by molar-refractivity contribution is 0.215. The molecule has 0 spiro atoms. The fraction of sp³-hybridized carbons (Fsp3) is 0.333. The van der Waals surface area contributed by atoms with Crippen molar-refractivity contribution in [2.24, 2.45) is 0 Å². The zero-order chi connectivity index (χ0) is 47.0. The van der Waals surface area contributed by atoms with E-state index in [1.165, 1.54) is 114 Å². The van der Waals surface area contributed by atoms with E-state index in [1.807, 2.05) is 0 Å². The summed E-state index contributed by atoms with van der Waals surface area (Å²) in [5.41, 5.74) is 23.4. The fourth-order valence-corrected chi connectivity index (χ4v) is 12.9. The quantitative estimate of drug-likeness (QED) is 0.163. The molecule has 2 unspecified atom stereocenters. The van der Waals surface area contributed by atoms with Crippen LogP contribution in [-0.4, -0.2) is 12.3 Å². The summed E-state index contributed by atoms with van der Waals surface area (Å²) in [4.78, 5) is 7.99. The Morgan fingerprint density at radius 3 is 1.72 bits per heavy atom. The van der Waals surface area contributed by atoms with Gasteiger partial charge in [0.1, 0.15) is 0 Å². The number of para-hydroxylation sites is 1. The Hall–Kier alpha value is -6.00. The predicted octanol–water partition coefficient (Wildman–Crippen LogP) is 15.0. The van der Waals surface area contributed by atoms with Crippen LogP contribution in [0.3, 0.4) is 0 Å². The minimum atomic E-state index is -0.167. The third-order valence-electron chi connectivity index (χ3n) is 16.4. The van der Waals surface area contributed by atoms with Crippen LogP contribution in [-0.2, 0) is 21.7 Å². The molecule has 1 aliphatic carbocycles. The topological polar surface area (TPSA) is 9.72 Å². The Labute approximate surface area is 402 Å². The molecule has 0 amide bonds. The number of anilines is 8. The number of aryl methyl sites for hydroxylation is 2. The number of nitrogens with zero attached hydrogens (tertiary/aromatic N) is 3. The van der Waals surface area contributed by atoms with Crippen LogP contribution >= 0.6 is 0 Å².